The first-order chi connectivity index (χ1) is 5.93. The summed E-state index contributed by atoms with van der Waals surface area (Å²) in [4.78, 5) is -0.322. The Hall–Kier alpha value is 0.870. The van der Waals surface area contributed by atoms with Crippen LogP contribution in [0, 0.1) is 16.7 Å². The topological polar surface area (TPSA) is 0 Å². The lowest BCUT2D eigenvalue weighted by molar-refractivity contribution is 0.148. The molecule has 2 saturated carbocycles. The zero-order valence-electron chi connectivity index (χ0n) is 7.99. The van der Waals surface area contributed by atoms with Crippen LogP contribution in [0.1, 0.15) is 33.1 Å². The maximum absolute atomic E-state index is 6.38. The van der Waals surface area contributed by atoms with E-state index in [1.54, 1.807) is 0 Å². The Morgan fingerprint density at radius 1 is 1.31 bits per heavy atom. The summed E-state index contributed by atoms with van der Waals surface area (Å²) in [5.74, 6) is 0.718. The standard InChI is InChI=1S/C10H15Cl3/c1-9(2)6-3-4-10(9,8(12)13)7(11)5-6/h6-8H,3-5H2,1-2H3/t6-,7+,10+/m0/s1. The summed E-state index contributed by atoms with van der Waals surface area (Å²) < 4.78 is 0. The summed E-state index contributed by atoms with van der Waals surface area (Å²) in [6.45, 7) is 4.54. The van der Waals surface area contributed by atoms with Gasteiger partial charge < -0.3 is 0 Å². The summed E-state index contributed by atoms with van der Waals surface area (Å²) in [7, 11) is 0. The van der Waals surface area contributed by atoms with Gasteiger partial charge in [0.15, 0.2) is 0 Å². The first kappa shape index (κ1) is 10.4. The number of rotatable bonds is 1. The van der Waals surface area contributed by atoms with Crippen LogP contribution in [0.15, 0.2) is 0 Å². The second-order valence-corrected chi connectivity index (χ2v) is 6.62. The first-order valence-electron chi connectivity index (χ1n) is 4.85. The molecule has 0 unspecified atom stereocenters. The van der Waals surface area contributed by atoms with Crippen molar-refractivity contribution in [2.75, 3.05) is 0 Å². The number of hydrogen-bond donors (Lipinski definition) is 0. The molecule has 13 heavy (non-hydrogen) atoms. The van der Waals surface area contributed by atoms with Crippen molar-refractivity contribution >= 4 is 34.8 Å². The van der Waals surface area contributed by atoms with Crippen LogP contribution in [0.3, 0.4) is 0 Å². The zero-order valence-corrected chi connectivity index (χ0v) is 10.3. The highest BCUT2D eigenvalue weighted by Gasteiger charge is 2.66. The van der Waals surface area contributed by atoms with Gasteiger partial charge in [0.2, 0.25) is 0 Å². The van der Waals surface area contributed by atoms with E-state index < -0.39 is 0 Å². The molecule has 2 bridgehead atoms. The molecule has 76 valence electrons. The van der Waals surface area contributed by atoms with Crippen LogP contribution in [-0.2, 0) is 0 Å². The van der Waals surface area contributed by atoms with Gasteiger partial charge in [-0.2, -0.15) is 0 Å². The maximum Gasteiger partial charge on any atom is 0.115 e. The Morgan fingerprint density at radius 2 is 1.92 bits per heavy atom. The van der Waals surface area contributed by atoms with Crippen LogP contribution in [0.25, 0.3) is 0 Å². The lowest BCUT2D eigenvalue weighted by Crippen LogP contribution is -2.41. The molecule has 0 aliphatic heterocycles. The summed E-state index contributed by atoms with van der Waals surface area (Å²) >= 11 is 18.6. The Bertz CT molecular complexity index is 224. The average molecular weight is 242 g/mol. The quantitative estimate of drug-likeness (QED) is 0.603. The molecule has 3 atom stereocenters. The number of alkyl halides is 3. The van der Waals surface area contributed by atoms with Crippen molar-refractivity contribution < 1.29 is 0 Å². The summed E-state index contributed by atoms with van der Waals surface area (Å²) in [5, 5.41) is 0.168. The predicted molar refractivity (Wildman–Crippen MR) is 58.7 cm³/mol. The molecule has 2 rings (SSSR count). The van der Waals surface area contributed by atoms with E-state index in [4.69, 9.17) is 34.8 Å². The Morgan fingerprint density at radius 3 is 2.15 bits per heavy atom. The normalized spacial score (nSPS) is 47.5. The Kier molecular flexibility index (Phi) is 2.34. The molecule has 0 amide bonds. The van der Waals surface area contributed by atoms with Crippen molar-refractivity contribution in [3.8, 4) is 0 Å². The van der Waals surface area contributed by atoms with Crippen LogP contribution >= 0.6 is 34.8 Å². The van der Waals surface area contributed by atoms with Gasteiger partial charge in [0, 0.05) is 10.8 Å². The third-order valence-corrected chi connectivity index (χ3v) is 5.91. The van der Waals surface area contributed by atoms with E-state index in [9.17, 15) is 0 Å². The van der Waals surface area contributed by atoms with Crippen molar-refractivity contribution in [2.24, 2.45) is 16.7 Å². The molecule has 2 fully saturated rings. The smallest absolute Gasteiger partial charge is 0.115 e. The fraction of sp³-hybridized carbons (Fsp3) is 1.00. The monoisotopic (exact) mass is 240 g/mol. The highest BCUT2D eigenvalue weighted by Crippen LogP contribution is 2.70. The number of halogens is 3. The Labute approximate surface area is 94.9 Å². The fourth-order valence-electron chi connectivity index (χ4n) is 3.44. The van der Waals surface area contributed by atoms with Crippen molar-refractivity contribution in [3.63, 3.8) is 0 Å². The van der Waals surface area contributed by atoms with E-state index in [1.807, 2.05) is 0 Å². The fourth-order valence-corrected chi connectivity index (χ4v) is 5.38. The molecule has 0 heterocycles. The number of fused-ring (bicyclic) bond motifs is 2. The van der Waals surface area contributed by atoms with E-state index in [1.165, 1.54) is 6.42 Å². The van der Waals surface area contributed by atoms with E-state index in [0.29, 0.717) is 0 Å². The molecule has 2 aliphatic rings. The molecule has 0 aromatic rings. The molecule has 0 N–H and O–H groups in total. The summed E-state index contributed by atoms with van der Waals surface area (Å²) in [6, 6.07) is 0. The van der Waals surface area contributed by atoms with Crippen molar-refractivity contribution in [3.05, 3.63) is 0 Å². The SMILES string of the molecule is CC1(C)[C@H]2CC[C@]1(C(Cl)Cl)[C@H](Cl)C2. The van der Waals surface area contributed by atoms with Crippen molar-refractivity contribution in [2.45, 2.75) is 43.3 Å². The van der Waals surface area contributed by atoms with Crippen molar-refractivity contribution in [1.82, 2.24) is 0 Å². The molecular formula is C10H15Cl3. The summed E-state index contributed by atoms with van der Waals surface area (Å²) in [6.07, 6.45) is 3.42. The van der Waals surface area contributed by atoms with Gasteiger partial charge in [-0.3, -0.25) is 0 Å². The van der Waals surface area contributed by atoms with Gasteiger partial charge in [-0.1, -0.05) is 13.8 Å². The van der Waals surface area contributed by atoms with Gasteiger partial charge in [-0.25, -0.2) is 0 Å². The van der Waals surface area contributed by atoms with Crippen LogP contribution in [0.4, 0.5) is 0 Å². The minimum Gasteiger partial charge on any atom is -0.122 e. The van der Waals surface area contributed by atoms with Crippen LogP contribution in [-0.4, -0.2) is 10.2 Å². The van der Waals surface area contributed by atoms with Crippen LogP contribution < -0.4 is 0 Å². The summed E-state index contributed by atoms with van der Waals surface area (Å²) in [5.41, 5.74) is 0.177. The zero-order chi connectivity index (χ0) is 9.85. The first-order valence-corrected chi connectivity index (χ1v) is 6.16. The largest absolute Gasteiger partial charge is 0.122 e. The molecule has 0 nitrogen and oxygen atoms in total. The van der Waals surface area contributed by atoms with Gasteiger partial charge in [0.1, 0.15) is 4.84 Å². The average Bonchev–Trinajstić information content (AvgIpc) is 2.35. The highest BCUT2D eigenvalue weighted by atomic mass is 35.5. The number of hydrogen-bond acceptors (Lipinski definition) is 0. The molecule has 3 heteroatoms. The third kappa shape index (κ3) is 1.06. The van der Waals surface area contributed by atoms with E-state index in [2.05, 4.69) is 13.8 Å². The lowest BCUT2D eigenvalue weighted by Gasteiger charge is -2.41. The van der Waals surface area contributed by atoms with Gasteiger partial charge >= 0.3 is 0 Å². The van der Waals surface area contributed by atoms with E-state index >= 15 is 0 Å². The second-order valence-electron chi connectivity index (χ2n) is 5.00. The molecule has 0 aromatic heterocycles. The lowest BCUT2D eigenvalue weighted by atomic mass is 9.70. The molecule has 2 aliphatic carbocycles. The van der Waals surface area contributed by atoms with Gasteiger partial charge in [0.05, 0.1) is 0 Å². The van der Waals surface area contributed by atoms with Crippen molar-refractivity contribution in [1.29, 1.82) is 0 Å². The Balaban J connectivity index is 2.43. The van der Waals surface area contributed by atoms with Gasteiger partial charge in [-0.15, -0.1) is 34.8 Å². The predicted octanol–water partition coefficient (Wildman–Crippen LogP) is 4.22. The molecule has 0 spiro atoms. The van der Waals surface area contributed by atoms with E-state index in [-0.39, 0.29) is 21.0 Å². The molecule has 0 saturated heterocycles. The van der Waals surface area contributed by atoms with Crippen LogP contribution in [0.2, 0.25) is 0 Å². The van der Waals surface area contributed by atoms with Gasteiger partial charge in [-0.05, 0) is 30.6 Å². The second kappa shape index (κ2) is 2.93. The van der Waals surface area contributed by atoms with Gasteiger partial charge in [0.25, 0.3) is 0 Å². The third-order valence-electron chi connectivity index (χ3n) is 4.57. The minimum atomic E-state index is -0.322. The highest BCUT2D eigenvalue weighted by molar-refractivity contribution is 6.45. The molecule has 0 aromatic carbocycles. The van der Waals surface area contributed by atoms with E-state index in [0.717, 1.165) is 18.8 Å². The molecule has 0 radical (unpaired) electrons. The molecular weight excluding hydrogens is 226 g/mol. The minimum absolute atomic E-state index is 0.0394. The maximum atomic E-state index is 6.38. The van der Waals surface area contributed by atoms with Crippen LogP contribution in [0.5, 0.6) is 0 Å².